The van der Waals surface area contributed by atoms with Crippen LogP contribution in [-0.2, 0) is 6.42 Å². The Morgan fingerprint density at radius 1 is 1.29 bits per heavy atom. The second-order valence-corrected chi connectivity index (χ2v) is 7.47. The molecule has 0 saturated carbocycles. The summed E-state index contributed by atoms with van der Waals surface area (Å²) in [5.74, 6) is -0.939. The molecule has 0 aliphatic rings. The largest absolute Gasteiger partial charge is 0.478 e. The van der Waals surface area contributed by atoms with Crippen LogP contribution in [0.15, 0.2) is 24.3 Å². The maximum Gasteiger partial charge on any atom is 0.339 e. The van der Waals surface area contributed by atoms with Crippen molar-refractivity contribution >= 4 is 5.97 Å². The van der Waals surface area contributed by atoms with Gasteiger partial charge in [-0.3, -0.25) is 0 Å². The van der Waals surface area contributed by atoms with E-state index in [-0.39, 0.29) is 11.3 Å². The summed E-state index contributed by atoms with van der Waals surface area (Å²) in [6.07, 6.45) is 0.581. The molecule has 5 nitrogen and oxygen atoms in total. The summed E-state index contributed by atoms with van der Waals surface area (Å²) in [7, 11) is 0. The Labute approximate surface area is 142 Å². The first-order chi connectivity index (χ1) is 11.1. The van der Waals surface area contributed by atoms with Crippen LogP contribution in [0.1, 0.15) is 67.8 Å². The Hall–Kier alpha value is -2.61. The second kappa shape index (κ2) is 6.48. The van der Waals surface area contributed by atoms with Gasteiger partial charge in [-0.25, -0.2) is 9.48 Å². The van der Waals surface area contributed by atoms with Crippen LogP contribution in [0, 0.1) is 16.7 Å². The van der Waals surface area contributed by atoms with Crippen molar-refractivity contribution < 1.29 is 9.90 Å². The minimum atomic E-state index is -0.946. The van der Waals surface area contributed by atoms with Crippen molar-refractivity contribution in [3.8, 4) is 11.8 Å². The Kier molecular flexibility index (Phi) is 4.79. The second-order valence-electron chi connectivity index (χ2n) is 7.47. The van der Waals surface area contributed by atoms with Gasteiger partial charge >= 0.3 is 5.97 Å². The van der Waals surface area contributed by atoms with Crippen LogP contribution < -0.4 is 0 Å². The van der Waals surface area contributed by atoms with Crippen molar-refractivity contribution in [1.82, 2.24) is 9.78 Å². The van der Waals surface area contributed by atoms with Gasteiger partial charge in [-0.2, -0.15) is 10.4 Å². The molecule has 0 aliphatic heterocycles. The van der Waals surface area contributed by atoms with Gasteiger partial charge in [0.25, 0.3) is 0 Å². The van der Waals surface area contributed by atoms with E-state index in [1.807, 2.05) is 13.8 Å². The van der Waals surface area contributed by atoms with Crippen LogP contribution in [0.4, 0.5) is 0 Å². The fourth-order valence-corrected chi connectivity index (χ4v) is 2.74. The first-order valence-electron chi connectivity index (χ1n) is 7.99. The summed E-state index contributed by atoms with van der Waals surface area (Å²) in [5.41, 5.74) is 2.84. The number of carbonyl (C=O) groups is 1. The van der Waals surface area contributed by atoms with Gasteiger partial charge in [0.05, 0.1) is 28.7 Å². The predicted molar refractivity (Wildman–Crippen MR) is 92.5 cm³/mol. The fraction of sp³-hybridized carbons (Fsp3) is 0.421. The topological polar surface area (TPSA) is 78.9 Å². The first kappa shape index (κ1) is 17.7. The molecule has 0 unspecified atom stereocenters. The van der Waals surface area contributed by atoms with Crippen molar-refractivity contribution in [2.45, 2.75) is 47.0 Å². The summed E-state index contributed by atoms with van der Waals surface area (Å²) in [5, 5.41) is 23.3. The smallest absolute Gasteiger partial charge is 0.339 e. The van der Waals surface area contributed by atoms with Crippen LogP contribution in [0.25, 0.3) is 5.69 Å². The molecule has 2 aromatic rings. The van der Waals surface area contributed by atoms with E-state index < -0.39 is 5.97 Å². The number of rotatable bonds is 4. The van der Waals surface area contributed by atoms with Gasteiger partial charge in [0.2, 0.25) is 0 Å². The van der Waals surface area contributed by atoms with Crippen LogP contribution in [0.2, 0.25) is 0 Å². The number of carboxylic acids is 1. The van der Waals surface area contributed by atoms with E-state index in [0.717, 1.165) is 5.69 Å². The Bertz CT molecular complexity index is 788. The van der Waals surface area contributed by atoms with Gasteiger partial charge in [0.15, 0.2) is 0 Å². The van der Waals surface area contributed by atoms with Crippen molar-refractivity contribution in [3.05, 3.63) is 46.8 Å². The molecule has 1 N–H and O–H groups in total. The summed E-state index contributed by atoms with van der Waals surface area (Å²) in [6, 6.07) is 9.10. The number of hydrogen-bond donors (Lipinski definition) is 1. The van der Waals surface area contributed by atoms with Gasteiger partial charge in [0.1, 0.15) is 5.56 Å². The van der Waals surface area contributed by atoms with Crippen LogP contribution >= 0.6 is 0 Å². The molecule has 0 aliphatic carbocycles. The zero-order chi connectivity index (χ0) is 18.1. The number of nitrogens with zero attached hydrogens (tertiary/aromatic N) is 3. The number of nitriles is 1. The number of benzene rings is 1. The lowest BCUT2D eigenvalue weighted by Crippen LogP contribution is -2.13. The molecule has 1 aromatic carbocycles. The molecule has 0 radical (unpaired) electrons. The number of carboxylic acid groups (broad SMARTS) is 1. The number of aromatic carboxylic acids is 1. The highest BCUT2D eigenvalue weighted by molar-refractivity contribution is 5.90. The average molecular weight is 325 g/mol. The molecule has 0 spiro atoms. The van der Waals surface area contributed by atoms with Crippen LogP contribution in [0.3, 0.4) is 0 Å². The summed E-state index contributed by atoms with van der Waals surface area (Å²) in [4.78, 5) is 11.9. The molecular weight excluding hydrogens is 302 g/mol. The molecule has 0 saturated heterocycles. The summed E-state index contributed by atoms with van der Waals surface area (Å²) < 4.78 is 1.70. The average Bonchev–Trinajstić information content (AvgIpc) is 2.84. The Morgan fingerprint density at radius 3 is 2.29 bits per heavy atom. The third kappa shape index (κ3) is 3.65. The molecule has 0 amide bonds. The van der Waals surface area contributed by atoms with E-state index >= 15 is 0 Å². The van der Waals surface area contributed by atoms with Crippen molar-refractivity contribution in [2.24, 2.45) is 5.41 Å². The molecule has 1 aromatic heterocycles. The molecule has 0 atom stereocenters. The summed E-state index contributed by atoms with van der Waals surface area (Å²) >= 11 is 0. The third-order valence-corrected chi connectivity index (χ3v) is 3.69. The lowest BCUT2D eigenvalue weighted by atomic mass is 9.88. The van der Waals surface area contributed by atoms with Crippen LogP contribution in [-0.4, -0.2) is 20.9 Å². The normalized spacial score (nSPS) is 11.5. The molecular formula is C19H23N3O2. The highest BCUT2D eigenvalue weighted by Crippen LogP contribution is 2.30. The number of hydrogen-bond acceptors (Lipinski definition) is 3. The SMILES string of the molecule is CC(C)c1c(C(=O)O)c(CC(C)(C)C)nn1-c1ccc(C#N)cc1. The molecule has 0 bridgehead atoms. The Morgan fingerprint density at radius 2 is 1.88 bits per heavy atom. The highest BCUT2D eigenvalue weighted by atomic mass is 16.4. The maximum absolute atomic E-state index is 11.9. The van der Waals surface area contributed by atoms with E-state index in [1.54, 1.807) is 28.9 Å². The highest BCUT2D eigenvalue weighted by Gasteiger charge is 2.28. The first-order valence-corrected chi connectivity index (χ1v) is 7.99. The van der Waals surface area contributed by atoms with Gasteiger partial charge in [0, 0.05) is 0 Å². The molecule has 1 heterocycles. The monoisotopic (exact) mass is 325 g/mol. The van der Waals surface area contributed by atoms with Crippen LogP contribution in [0.5, 0.6) is 0 Å². The van der Waals surface area contributed by atoms with Gasteiger partial charge in [-0.15, -0.1) is 0 Å². The zero-order valence-corrected chi connectivity index (χ0v) is 14.8. The van der Waals surface area contributed by atoms with Crippen molar-refractivity contribution in [1.29, 1.82) is 5.26 Å². The van der Waals surface area contributed by atoms with Crippen molar-refractivity contribution in [2.75, 3.05) is 0 Å². The molecule has 0 fully saturated rings. The van der Waals surface area contributed by atoms with Crippen molar-refractivity contribution in [3.63, 3.8) is 0 Å². The quantitative estimate of drug-likeness (QED) is 0.915. The Balaban J connectivity index is 2.68. The maximum atomic E-state index is 11.9. The van der Waals surface area contributed by atoms with E-state index in [2.05, 4.69) is 31.9 Å². The standard InChI is InChI=1S/C19H23N3O2/c1-12(2)17-16(18(23)24)15(10-19(3,4)5)21-22(17)14-8-6-13(11-20)7-9-14/h6-9,12H,10H2,1-5H3,(H,23,24). The lowest BCUT2D eigenvalue weighted by molar-refractivity contribution is 0.0693. The van der Waals surface area contributed by atoms with E-state index in [9.17, 15) is 9.90 Å². The van der Waals surface area contributed by atoms with Gasteiger partial charge < -0.3 is 5.11 Å². The lowest BCUT2D eigenvalue weighted by Gasteiger charge is -2.16. The van der Waals surface area contributed by atoms with Gasteiger partial charge in [-0.05, 0) is 42.0 Å². The molecule has 2 rings (SSSR count). The van der Waals surface area contributed by atoms with E-state index in [1.165, 1.54) is 0 Å². The minimum Gasteiger partial charge on any atom is -0.478 e. The minimum absolute atomic E-state index is 0.00737. The molecule has 24 heavy (non-hydrogen) atoms. The van der Waals surface area contributed by atoms with E-state index in [0.29, 0.717) is 28.9 Å². The van der Waals surface area contributed by atoms with Gasteiger partial charge in [-0.1, -0.05) is 34.6 Å². The molecule has 126 valence electrons. The summed E-state index contributed by atoms with van der Waals surface area (Å²) in [6.45, 7) is 10.1. The predicted octanol–water partition coefficient (Wildman–Crippen LogP) is 4.15. The fourth-order valence-electron chi connectivity index (χ4n) is 2.74. The molecule has 5 heteroatoms. The number of aromatic nitrogens is 2. The van der Waals surface area contributed by atoms with E-state index in [4.69, 9.17) is 5.26 Å². The zero-order valence-electron chi connectivity index (χ0n) is 14.8. The third-order valence-electron chi connectivity index (χ3n) is 3.69.